The van der Waals surface area contributed by atoms with Gasteiger partial charge in [0.2, 0.25) is 0 Å². The van der Waals surface area contributed by atoms with Gasteiger partial charge >= 0.3 is 6.61 Å². The zero-order valence-electron chi connectivity index (χ0n) is 11.4. The number of benzene rings is 1. The van der Waals surface area contributed by atoms with Crippen molar-refractivity contribution in [1.82, 2.24) is 10.6 Å². The van der Waals surface area contributed by atoms with Crippen LogP contribution in [0.4, 0.5) is 8.78 Å². The first-order valence-corrected chi connectivity index (χ1v) is 7.17. The standard InChI is InChI=1S/C14H17ClF2N2O2/c15-10-1-2-12(21-14(16)17)11(7-10)13(20)19-6-4-9-3-5-18-8-9/h1-2,7,9,14,18H,3-6,8H2,(H,19,20). The molecule has 2 rings (SSSR count). The van der Waals surface area contributed by atoms with Crippen LogP contribution in [0, 0.1) is 5.92 Å². The summed E-state index contributed by atoms with van der Waals surface area (Å²) in [6.45, 7) is -0.542. The van der Waals surface area contributed by atoms with Gasteiger partial charge in [-0.3, -0.25) is 4.79 Å². The predicted octanol–water partition coefficient (Wildman–Crippen LogP) is 2.67. The predicted molar refractivity (Wildman–Crippen MR) is 76.0 cm³/mol. The number of alkyl halides is 2. The Kier molecular flexibility index (Phi) is 5.76. The molecule has 7 heteroatoms. The van der Waals surface area contributed by atoms with Gasteiger partial charge in [-0.25, -0.2) is 0 Å². The Balaban J connectivity index is 1.94. The highest BCUT2D eigenvalue weighted by Crippen LogP contribution is 2.24. The summed E-state index contributed by atoms with van der Waals surface area (Å²) < 4.78 is 29.0. The van der Waals surface area contributed by atoms with E-state index in [1.807, 2.05) is 0 Å². The normalized spacial score (nSPS) is 18.0. The lowest BCUT2D eigenvalue weighted by Crippen LogP contribution is -2.27. The fourth-order valence-corrected chi connectivity index (χ4v) is 2.50. The van der Waals surface area contributed by atoms with Crippen molar-refractivity contribution in [3.8, 4) is 5.75 Å². The number of hydrogen-bond donors (Lipinski definition) is 2. The molecule has 1 aromatic rings. The summed E-state index contributed by atoms with van der Waals surface area (Å²) in [6.07, 6.45) is 1.94. The highest BCUT2D eigenvalue weighted by molar-refractivity contribution is 6.31. The Bertz CT molecular complexity index is 494. The Hall–Kier alpha value is -1.40. The number of ether oxygens (including phenoxy) is 1. The van der Waals surface area contributed by atoms with E-state index >= 15 is 0 Å². The third kappa shape index (κ3) is 4.82. The maximum absolute atomic E-state index is 12.3. The number of carbonyl (C=O) groups is 1. The number of carbonyl (C=O) groups excluding carboxylic acids is 1. The Morgan fingerprint density at radius 1 is 1.52 bits per heavy atom. The second-order valence-electron chi connectivity index (χ2n) is 4.92. The van der Waals surface area contributed by atoms with Crippen LogP contribution < -0.4 is 15.4 Å². The summed E-state index contributed by atoms with van der Waals surface area (Å²) >= 11 is 5.80. The molecule has 1 aliphatic heterocycles. The molecule has 1 unspecified atom stereocenters. The van der Waals surface area contributed by atoms with Gasteiger partial charge in [0.1, 0.15) is 5.75 Å². The average molecular weight is 319 g/mol. The van der Waals surface area contributed by atoms with Crippen LogP contribution in [-0.2, 0) is 0 Å². The zero-order valence-corrected chi connectivity index (χ0v) is 12.1. The lowest BCUT2D eigenvalue weighted by Gasteiger charge is -2.12. The monoisotopic (exact) mass is 318 g/mol. The molecule has 116 valence electrons. The van der Waals surface area contributed by atoms with Gasteiger partial charge in [0, 0.05) is 11.6 Å². The molecular formula is C14H17ClF2N2O2. The molecule has 21 heavy (non-hydrogen) atoms. The van der Waals surface area contributed by atoms with Gasteiger partial charge in [-0.15, -0.1) is 0 Å². The average Bonchev–Trinajstić information content (AvgIpc) is 2.93. The van der Waals surface area contributed by atoms with Crippen molar-refractivity contribution in [2.24, 2.45) is 5.92 Å². The number of hydrogen-bond acceptors (Lipinski definition) is 3. The van der Waals surface area contributed by atoms with Crippen molar-refractivity contribution in [2.45, 2.75) is 19.5 Å². The summed E-state index contributed by atoms with van der Waals surface area (Å²) in [7, 11) is 0. The molecular weight excluding hydrogens is 302 g/mol. The van der Waals surface area contributed by atoms with Gasteiger partial charge in [0.25, 0.3) is 5.91 Å². The number of halogens is 3. The van der Waals surface area contributed by atoms with Crippen molar-refractivity contribution >= 4 is 17.5 Å². The first kappa shape index (κ1) is 16.0. The molecule has 1 amide bonds. The minimum Gasteiger partial charge on any atom is -0.434 e. The van der Waals surface area contributed by atoms with Crippen LogP contribution in [0.5, 0.6) is 5.75 Å². The lowest BCUT2D eigenvalue weighted by atomic mass is 10.1. The largest absolute Gasteiger partial charge is 0.434 e. The fraction of sp³-hybridized carbons (Fsp3) is 0.500. The van der Waals surface area contributed by atoms with Gasteiger partial charge in [0.05, 0.1) is 5.56 Å². The molecule has 0 bridgehead atoms. The number of amides is 1. The van der Waals surface area contributed by atoms with Gasteiger partial charge < -0.3 is 15.4 Å². The second kappa shape index (κ2) is 7.56. The highest BCUT2D eigenvalue weighted by atomic mass is 35.5. The quantitative estimate of drug-likeness (QED) is 0.848. The maximum atomic E-state index is 12.3. The SMILES string of the molecule is O=C(NCCC1CCNC1)c1cc(Cl)ccc1OC(F)F. The maximum Gasteiger partial charge on any atom is 0.387 e. The third-order valence-corrected chi connectivity index (χ3v) is 3.64. The van der Waals surface area contributed by atoms with Crippen LogP contribution in [0.3, 0.4) is 0 Å². The number of nitrogens with one attached hydrogen (secondary N) is 2. The molecule has 1 heterocycles. The summed E-state index contributed by atoms with van der Waals surface area (Å²) in [5, 5.41) is 6.26. The van der Waals surface area contributed by atoms with Gasteiger partial charge in [-0.2, -0.15) is 8.78 Å². The summed E-state index contributed by atoms with van der Waals surface area (Å²) in [5.74, 6) is -0.0880. The van der Waals surface area contributed by atoms with Gasteiger partial charge in [-0.05, 0) is 50.0 Å². The van der Waals surface area contributed by atoms with Gasteiger partial charge in [0.15, 0.2) is 0 Å². The molecule has 1 fully saturated rings. The van der Waals surface area contributed by atoms with E-state index in [0.29, 0.717) is 17.5 Å². The van der Waals surface area contributed by atoms with Crippen molar-refractivity contribution in [3.05, 3.63) is 28.8 Å². The van der Waals surface area contributed by atoms with Crippen LogP contribution in [0.25, 0.3) is 0 Å². The van der Waals surface area contributed by atoms with E-state index < -0.39 is 12.5 Å². The van der Waals surface area contributed by atoms with E-state index in [4.69, 9.17) is 11.6 Å². The van der Waals surface area contributed by atoms with E-state index in [0.717, 1.165) is 25.9 Å². The first-order chi connectivity index (χ1) is 10.1. The molecule has 1 aliphatic rings. The number of rotatable bonds is 6. The van der Waals surface area contributed by atoms with Crippen molar-refractivity contribution in [2.75, 3.05) is 19.6 Å². The molecule has 1 saturated heterocycles. The molecule has 1 aromatic carbocycles. The zero-order chi connectivity index (χ0) is 15.2. The van der Waals surface area contributed by atoms with E-state index in [1.54, 1.807) is 0 Å². The summed E-state index contributed by atoms with van der Waals surface area (Å²) in [5.41, 5.74) is 0.0207. The van der Waals surface area contributed by atoms with Crippen LogP contribution in [-0.4, -0.2) is 32.2 Å². The lowest BCUT2D eigenvalue weighted by molar-refractivity contribution is -0.0501. The van der Waals surface area contributed by atoms with E-state index in [2.05, 4.69) is 15.4 Å². The minimum absolute atomic E-state index is 0.0207. The van der Waals surface area contributed by atoms with Crippen molar-refractivity contribution < 1.29 is 18.3 Å². The van der Waals surface area contributed by atoms with Crippen LogP contribution in [0.15, 0.2) is 18.2 Å². The van der Waals surface area contributed by atoms with E-state index in [-0.39, 0.29) is 11.3 Å². The Morgan fingerprint density at radius 3 is 3.00 bits per heavy atom. The molecule has 4 nitrogen and oxygen atoms in total. The second-order valence-corrected chi connectivity index (χ2v) is 5.36. The first-order valence-electron chi connectivity index (χ1n) is 6.79. The van der Waals surface area contributed by atoms with Crippen LogP contribution in [0.1, 0.15) is 23.2 Å². The van der Waals surface area contributed by atoms with E-state index in [9.17, 15) is 13.6 Å². The highest BCUT2D eigenvalue weighted by Gasteiger charge is 2.18. The van der Waals surface area contributed by atoms with Gasteiger partial charge in [-0.1, -0.05) is 11.6 Å². The topological polar surface area (TPSA) is 50.4 Å². The molecule has 1 atom stereocenters. The van der Waals surface area contributed by atoms with E-state index in [1.165, 1.54) is 18.2 Å². The smallest absolute Gasteiger partial charge is 0.387 e. The molecule has 0 radical (unpaired) electrons. The Labute approximate surface area is 126 Å². The molecule has 0 saturated carbocycles. The van der Waals surface area contributed by atoms with Crippen LogP contribution >= 0.6 is 11.6 Å². The minimum atomic E-state index is -2.98. The molecule has 2 N–H and O–H groups in total. The fourth-order valence-electron chi connectivity index (χ4n) is 2.32. The Morgan fingerprint density at radius 2 is 2.33 bits per heavy atom. The third-order valence-electron chi connectivity index (χ3n) is 3.40. The van der Waals surface area contributed by atoms with Crippen molar-refractivity contribution in [3.63, 3.8) is 0 Å². The molecule has 0 aliphatic carbocycles. The van der Waals surface area contributed by atoms with Crippen molar-refractivity contribution in [1.29, 1.82) is 0 Å². The summed E-state index contributed by atoms with van der Waals surface area (Å²) in [4.78, 5) is 12.1. The van der Waals surface area contributed by atoms with Crippen LogP contribution in [0.2, 0.25) is 5.02 Å². The summed E-state index contributed by atoms with van der Waals surface area (Å²) in [6, 6.07) is 4.00. The molecule has 0 spiro atoms. The molecule has 0 aromatic heterocycles.